The van der Waals surface area contributed by atoms with E-state index in [-0.39, 0.29) is 11.9 Å². The van der Waals surface area contributed by atoms with Crippen molar-refractivity contribution < 1.29 is 4.79 Å². The molecule has 0 N–H and O–H groups in total. The summed E-state index contributed by atoms with van der Waals surface area (Å²) in [5, 5.41) is 10.9. The van der Waals surface area contributed by atoms with Crippen LogP contribution in [0.1, 0.15) is 61.1 Å². The minimum atomic E-state index is -0.0217. The second kappa shape index (κ2) is 9.11. The second-order valence-electron chi connectivity index (χ2n) is 9.75. The summed E-state index contributed by atoms with van der Waals surface area (Å²) in [6.45, 7) is 4.05. The fourth-order valence-corrected chi connectivity index (χ4v) is 5.87. The number of amides is 1. The van der Waals surface area contributed by atoms with Crippen LogP contribution in [-0.4, -0.2) is 56.1 Å². The average Bonchev–Trinajstić information content (AvgIpc) is 3.34. The molecule has 8 heteroatoms. The summed E-state index contributed by atoms with van der Waals surface area (Å²) in [5.41, 5.74) is 2.34. The SMILES string of the molecule is C[C@@H]1CN(c2nc3ccccc3c3nnc(C4CCCCC4)n23)CCN1C(=O)c1ccccc1Cl. The number of benzene rings is 2. The number of anilines is 1. The molecule has 6 rings (SSSR count). The van der Waals surface area contributed by atoms with Crippen molar-refractivity contribution >= 4 is 40.0 Å². The summed E-state index contributed by atoms with van der Waals surface area (Å²) in [6, 6.07) is 15.4. The number of aromatic nitrogens is 4. The van der Waals surface area contributed by atoms with Gasteiger partial charge in [-0.1, -0.05) is 55.1 Å². The van der Waals surface area contributed by atoms with Crippen LogP contribution in [0.25, 0.3) is 16.6 Å². The molecule has 2 aromatic carbocycles. The largest absolute Gasteiger partial charge is 0.338 e. The van der Waals surface area contributed by atoms with Crippen molar-refractivity contribution in [3.8, 4) is 0 Å². The Morgan fingerprint density at radius 3 is 2.54 bits per heavy atom. The molecule has 2 aliphatic rings. The van der Waals surface area contributed by atoms with Gasteiger partial charge in [0.25, 0.3) is 5.91 Å². The fourth-order valence-electron chi connectivity index (χ4n) is 5.65. The Hall–Kier alpha value is -3.19. The van der Waals surface area contributed by atoms with Crippen LogP contribution in [0.3, 0.4) is 0 Å². The summed E-state index contributed by atoms with van der Waals surface area (Å²) in [5.74, 6) is 2.28. The zero-order chi connectivity index (χ0) is 23.9. The van der Waals surface area contributed by atoms with E-state index in [0.717, 1.165) is 41.2 Å². The van der Waals surface area contributed by atoms with E-state index in [1.54, 1.807) is 12.1 Å². The van der Waals surface area contributed by atoms with Crippen LogP contribution in [0.4, 0.5) is 5.95 Å². The third kappa shape index (κ3) is 3.92. The fraction of sp³-hybridized carbons (Fsp3) is 0.407. The van der Waals surface area contributed by atoms with Crippen LogP contribution in [0.15, 0.2) is 48.5 Å². The number of piperazine rings is 1. The molecular weight excluding hydrogens is 460 g/mol. The molecule has 1 amide bonds. The van der Waals surface area contributed by atoms with Crippen LogP contribution in [0.2, 0.25) is 5.02 Å². The van der Waals surface area contributed by atoms with E-state index >= 15 is 0 Å². The topological polar surface area (TPSA) is 66.6 Å². The summed E-state index contributed by atoms with van der Waals surface area (Å²) in [7, 11) is 0. The smallest absolute Gasteiger partial charge is 0.255 e. The first-order valence-corrected chi connectivity index (χ1v) is 12.9. The minimum Gasteiger partial charge on any atom is -0.338 e. The number of carbonyl (C=O) groups excluding carboxylic acids is 1. The third-order valence-electron chi connectivity index (χ3n) is 7.50. The Morgan fingerprint density at radius 2 is 1.74 bits per heavy atom. The summed E-state index contributed by atoms with van der Waals surface area (Å²) in [6.07, 6.45) is 6.04. The van der Waals surface area contributed by atoms with Crippen molar-refractivity contribution in [1.29, 1.82) is 0 Å². The van der Waals surface area contributed by atoms with Gasteiger partial charge >= 0.3 is 0 Å². The quantitative estimate of drug-likeness (QED) is 0.390. The van der Waals surface area contributed by atoms with Gasteiger partial charge in [-0.25, -0.2) is 9.38 Å². The molecule has 4 aromatic rings. The van der Waals surface area contributed by atoms with Crippen molar-refractivity contribution in [3.63, 3.8) is 0 Å². The first-order valence-electron chi connectivity index (χ1n) is 12.6. The van der Waals surface area contributed by atoms with Crippen molar-refractivity contribution in [2.45, 2.75) is 51.0 Å². The Kier molecular flexibility index (Phi) is 5.80. The van der Waals surface area contributed by atoms with E-state index in [9.17, 15) is 4.79 Å². The zero-order valence-corrected chi connectivity index (χ0v) is 20.7. The van der Waals surface area contributed by atoms with Crippen molar-refractivity contribution in [3.05, 3.63) is 64.9 Å². The van der Waals surface area contributed by atoms with Gasteiger partial charge in [-0.3, -0.25) is 4.79 Å². The molecule has 0 unspecified atom stereocenters. The molecule has 0 spiro atoms. The van der Waals surface area contributed by atoms with Crippen molar-refractivity contribution in [2.24, 2.45) is 0 Å². The van der Waals surface area contributed by atoms with Gasteiger partial charge in [-0.2, -0.15) is 0 Å². The van der Waals surface area contributed by atoms with E-state index in [1.165, 1.54) is 19.3 Å². The number of fused-ring (bicyclic) bond motifs is 3. The number of rotatable bonds is 3. The predicted molar refractivity (Wildman–Crippen MR) is 138 cm³/mol. The molecule has 1 aliphatic heterocycles. The zero-order valence-electron chi connectivity index (χ0n) is 19.9. The van der Waals surface area contributed by atoms with Crippen LogP contribution < -0.4 is 4.90 Å². The van der Waals surface area contributed by atoms with Crippen molar-refractivity contribution in [1.82, 2.24) is 24.5 Å². The highest BCUT2D eigenvalue weighted by molar-refractivity contribution is 6.33. The van der Waals surface area contributed by atoms with Gasteiger partial charge in [0, 0.05) is 37.0 Å². The lowest BCUT2D eigenvalue weighted by atomic mass is 9.89. The average molecular weight is 489 g/mol. The number of hydrogen-bond donors (Lipinski definition) is 0. The Morgan fingerprint density at radius 1 is 0.971 bits per heavy atom. The number of hydrogen-bond acceptors (Lipinski definition) is 5. The molecule has 1 saturated heterocycles. The van der Waals surface area contributed by atoms with Crippen LogP contribution in [-0.2, 0) is 0 Å². The number of carbonyl (C=O) groups is 1. The Balaban J connectivity index is 1.37. The van der Waals surface area contributed by atoms with Gasteiger partial charge in [-0.05, 0) is 44.0 Å². The minimum absolute atomic E-state index is 0.00505. The molecule has 35 heavy (non-hydrogen) atoms. The lowest BCUT2D eigenvalue weighted by Gasteiger charge is -2.40. The molecule has 3 heterocycles. The van der Waals surface area contributed by atoms with Gasteiger partial charge in [-0.15, -0.1) is 10.2 Å². The van der Waals surface area contributed by atoms with E-state index < -0.39 is 0 Å². The predicted octanol–water partition coefficient (Wildman–Crippen LogP) is 5.33. The standard InChI is InChI=1S/C27H29ClN6O/c1-18-17-32(15-16-33(18)26(35)20-11-5-7-13-22(20)28)27-29-23-14-8-6-12-21(23)25-31-30-24(34(25)27)19-9-3-2-4-10-19/h5-8,11-14,18-19H,2-4,9-10,15-17H2,1H3/t18-/m1/s1. The molecule has 0 radical (unpaired) electrons. The first-order chi connectivity index (χ1) is 17.1. The summed E-state index contributed by atoms with van der Waals surface area (Å²) >= 11 is 6.33. The highest BCUT2D eigenvalue weighted by atomic mass is 35.5. The highest BCUT2D eigenvalue weighted by Crippen LogP contribution is 2.35. The molecule has 7 nitrogen and oxygen atoms in total. The van der Waals surface area contributed by atoms with E-state index in [4.69, 9.17) is 21.7 Å². The molecule has 1 saturated carbocycles. The van der Waals surface area contributed by atoms with Crippen LogP contribution in [0, 0.1) is 0 Å². The maximum absolute atomic E-state index is 13.3. The lowest BCUT2D eigenvalue weighted by molar-refractivity contribution is 0.0673. The van der Waals surface area contributed by atoms with E-state index in [1.807, 2.05) is 35.2 Å². The van der Waals surface area contributed by atoms with Crippen LogP contribution >= 0.6 is 11.6 Å². The monoisotopic (exact) mass is 488 g/mol. The lowest BCUT2D eigenvalue weighted by Crippen LogP contribution is -2.54. The normalized spacial score (nSPS) is 19.5. The van der Waals surface area contributed by atoms with Crippen LogP contribution in [0.5, 0.6) is 0 Å². The molecule has 180 valence electrons. The van der Waals surface area contributed by atoms with Gasteiger partial charge in [0.1, 0.15) is 5.82 Å². The van der Waals surface area contributed by atoms with Gasteiger partial charge in [0.2, 0.25) is 5.95 Å². The van der Waals surface area contributed by atoms with Gasteiger partial charge in [0.15, 0.2) is 5.65 Å². The Labute approximate surface area is 209 Å². The molecule has 2 fully saturated rings. The summed E-state index contributed by atoms with van der Waals surface area (Å²) < 4.78 is 2.19. The van der Waals surface area contributed by atoms with E-state index in [2.05, 4.69) is 27.4 Å². The molecule has 1 atom stereocenters. The Bertz CT molecular complexity index is 1400. The highest BCUT2D eigenvalue weighted by Gasteiger charge is 2.32. The number of nitrogens with zero attached hydrogens (tertiary/aromatic N) is 6. The van der Waals surface area contributed by atoms with Crippen molar-refractivity contribution in [2.75, 3.05) is 24.5 Å². The van der Waals surface area contributed by atoms with Gasteiger partial charge in [0.05, 0.1) is 16.1 Å². The maximum Gasteiger partial charge on any atom is 0.255 e. The van der Waals surface area contributed by atoms with E-state index in [0.29, 0.717) is 36.1 Å². The maximum atomic E-state index is 13.3. The van der Waals surface area contributed by atoms with Gasteiger partial charge < -0.3 is 9.80 Å². The molecule has 1 aliphatic carbocycles. The number of halogens is 1. The number of para-hydroxylation sites is 1. The second-order valence-corrected chi connectivity index (χ2v) is 10.2. The summed E-state index contributed by atoms with van der Waals surface area (Å²) in [4.78, 5) is 22.6. The molecular formula is C27H29ClN6O. The first kappa shape index (κ1) is 22.3. The third-order valence-corrected chi connectivity index (χ3v) is 7.83. The molecule has 0 bridgehead atoms. The molecule has 2 aromatic heterocycles.